The van der Waals surface area contributed by atoms with Crippen LogP contribution in [-0.2, 0) is 4.74 Å². The molecular formula is C15H20ClNO. The van der Waals surface area contributed by atoms with Gasteiger partial charge in [-0.25, -0.2) is 0 Å². The molecule has 0 radical (unpaired) electrons. The van der Waals surface area contributed by atoms with E-state index in [0.29, 0.717) is 0 Å². The number of aryl methyl sites for hydroxylation is 1. The van der Waals surface area contributed by atoms with Crippen LogP contribution in [0, 0.1) is 6.92 Å². The summed E-state index contributed by atoms with van der Waals surface area (Å²) in [5, 5.41) is 4.32. The second kappa shape index (κ2) is 6.26. The minimum Gasteiger partial charge on any atom is -0.501 e. The monoisotopic (exact) mass is 265 g/mol. The predicted octanol–water partition coefficient (Wildman–Crippen LogP) is 3.99. The Balaban J connectivity index is 2.34. The first-order chi connectivity index (χ1) is 8.72. The van der Waals surface area contributed by atoms with Gasteiger partial charge in [0.2, 0.25) is 0 Å². The van der Waals surface area contributed by atoms with Crippen molar-refractivity contribution in [2.45, 2.75) is 32.7 Å². The standard InChI is InChI=1S/C15H20ClNO/c1-3-17-15(12-5-4-8-18-10-12)14-9-13(16)7-6-11(14)2/h6-7,9-10,15,17H,3-5,8H2,1-2H3. The average Bonchev–Trinajstić information content (AvgIpc) is 2.40. The van der Waals surface area contributed by atoms with E-state index in [0.717, 1.165) is 31.0 Å². The van der Waals surface area contributed by atoms with Crippen molar-refractivity contribution in [1.82, 2.24) is 5.32 Å². The highest BCUT2D eigenvalue weighted by Gasteiger charge is 2.20. The smallest absolute Gasteiger partial charge is 0.0876 e. The quantitative estimate of drug-likeness (QED) is 0.889. The van der Waals surface area contributed by atoms with Crippen molar-refractivity contribution in [3.8, 4) is 0 Å². The first-order valence-electron chi connectivity index (χ1n) is 6.52. The molecule has 0 fully saturated rings. The zero-order valence-electron chi connectivity index (χ0n) is 11.0. The van der Waals surface area contributed by atoms with E-state index in [9.17, 15) is 0 Å². The molecule has 3 heteroatoms. The van der Waals surface area contributed by atoms with E-state index in [4.69, 9.17) is 16.3 Å². The highest BCUT2D eigenvalue weighted by atomic mass is 35.5. The molecule has 18 heavy (non-hydrogen) atoms. The molecule has 0 aromatic heterocycles. The average molecular weight is 266 g/mol. The fraction of sp³-hybridized carbons (Fsp3) is 0.467. The summed E-state index contributed by atoms with van der Waals surface area (Å²) in [6, 6.07) is 6.29. The third kappa shape index (κ3) is 3.06. The lowest BCUT2D eigenvalue weighted by atomic mass is 9.92. The molecular weight excluding hydrogens is 246 g/mol. The van der Waals surface area contributed by atoms with Crippen LogP contribution >= 0.6 is 11.6 Å². The number of halogens is 1. The highest BCUT2D eigenvalue weighted by Crippen LogP contribution is 2.31. The highest BCUT2D eigenvalue weighted by molar-refractivity contribution is 6.30. The molecule has 0 amide bonds. The molecule has 0 saturated heterocycles. The van der Waals surface area contributed by atoms with E-state index >= 15 is 0 Å². The predicted molar refractivity (Wildman–Crippen MR) is 75.9 cm³/mol. The number of ether oxygens (including phenoxy) is 1. The summed E-state index contributed by atoms with van der Waals surface area (Å²) in [7, 11) is 0. The van der Waals surface area contributed by atoms with E-state index in [-0.39, 0.29) is 6.04 Å². The van der Waals surface area contributed by atoms with Crippen molar-refractivity contribution in [3.05, 3.63) is 46.2 Å². The van der Waals surface area contributed by atoms with E-state index < -0.39 is 0 Å². The normalized spacial score (nSPS) is 16.9. The molecule has 0 aliphatic carbocycles. The molecule has 1 aromatic carbocycles. The summed E-state index contributed by atoms with van der Waals surface area (Å²) in [5.74, 6) is 0. The minimum absolute atomic E-state index is 0.217. The number of hydrogen-bond acceptors (Lipinski definition) is 2. The van der Waals surface area contributed by atoms with Gasteiger partial charge in [0.25, 0.3) is 0 Å². The lowest BCUT2D eigenvalue weighted by Crippen LogP contribution is -2.25. The van der Waals surface area contributed by atoms with Crippen LogP contribution < -0.4 is 5.32 Å². The topological polar surface area (TPSA) is 21.3 Å². The molecule has 0 bridgehead atoms. The van der Waals surface area contributed by atoms with Crippen molar-refractivity contribution in [1.29, 1.82) is 0 Å². The molecule has 1 heterocycles. The third-order valence-electron chi connectivity index (χ3n) is 3.29. The second-order valence-corrected chi connectivity index (χ2v) is 5.10. The van der Waals surface area contributed by atoms with E-state index in [1.165, 1.54) is 16.7 Å². The first-order valence-corrected chi connectivity index (χ1v) is 6.90. The summed E-state index contributed by atoms with van der Waals surface area (Å²) in [5.41, 5.74) is 3.83. The number of benzene rings is 1. The minimum atomic E-state index is 0.217. The summed E-state index contributed by atoms with van der Waals surface area (Å²) >= 11 is 6.12. The Labute approximate surface area is 114 Å². The Kier molecular flexibility index (Phi) is 4.67. The largest absolute Gasteiger partial charge is 0.501 e. The number of nitrogens with one attached hydrogen (secondary N) is 1. The van der Waals surface area contributed by atoms with Crippen molar-refractivity contribution in [3.63, 3.8) is 0 Å². The molecule has 0 saturated carbocycles. The number of rotatable bonds is 4. The third-order valence-corrected chi connectivity index (χ3v) is 3.53. The van der Waals surface area contributed by atoms with Gasteiger partial charge in [-0.15, -0.1) is 0 Å². The van der Waals surface area contributed by atoms with Crippen LogP contribution in [0.2, 0.25) is 5.02 Å². The zero-order valence-corrected chi connectivity index (χ0v) is 11.8. The maximum absolute atomic E-state index is 6.12. The van der Waals surface area contributed by atoms with Gasteiger partial charge in [0.05, 0.1) is 18.9 Å². The molecule has 1 aromatic rings. The second-order valence-electron chi connectivity index (χ2n) is 4.66. The molecule has 1 N–H and O–H groups in total. The van der Waals surface area contributed by atoms with E-state index in [2.05, 4.69) is 31.3 Å². The van der Waals surface area contributed by atoms with Gasteiger partial charge < -0.3 is 10.1 Å². The van der Waals surface area contributed by atoms with Gasteiger partial charge in [-0.05, 0) is 55.1 Å². The van der Waals surface area contributed by atoms with E-state index in [1.807, 2.05) is 12.3 Å². The molecule has 1 aliphatic heterocycles. The van der Waals surface area contributed by atoms with Crippen LogP contribution in [0.4, 0.5) is 0 Å². The maximum atomic E-state index is 6.12. The fourth-order valence-corrected chi connectivity index (χ4v) is 2.54. The summed E-state index contributed by atoms with van der Waals surface area (Å²) < 4.78 is 5.47. The Morgan fingerprint density at radius 3 is 2.94 bits per heavy atom. The van der Waals surface area contributed by atoms with Crippen LogP contribution in [0.5, 0.6) is 0 Å². The number of likely N-dealkylation sites (N-methyl/N-ethyl adjacent to an activating group) is 1. The molecule has 1 aliphatic rings. The Hall–Kier alpha value is -0.990. The lowest BCUT2D eigenvalue weighted by Gasteiger charge is -2.25. The van der Waals surface area contributed by atoms with Crippen LogP contribution in [0.1, 0.15) is 36.9 Å². The van der Waals surface area contributed by atoms with Gasteiger partial charge in [0, 0.05) is 5.02 Å². The summed E-state index contributed by atoms with van der Waals surface area (Å²) in [6.45, 7) is 6.00. The molecule has 2 nitrogen and oxygen atoms in total. The van der Waals surface area contributed by atoms with Crippen LogP contribution in [0.3, 0.4) is 0 Å². The Bertz CT molecular complexity index is 442. The van der Waals surface area contributed by atoms with Gasteiger partial charge in [-0.3, -0.25) is 0 Å². The fourth-order valence-electron chi connectivity index (χ4n) is 2.36. The summed E-state index contributed by atoms with van der Waals surface area (Å²) in [6.07, 6.45) is 4.09. The van der Waals surface area contributed by atoms with Gasteiger partial charge in [-0.2, -0.15) is 0 Å². The molecule has 98 valence electrons. The SMILES string of the molecule is CCNC(C1=COCCC1)c1cc(Cl)ccc1C. The van der Waals surface area contributed by atoms with Crippen molar-refractivity contribution in [2.75, 3.05) is 13.2 Å². The van der Waals surface area contributed by atoms with Crippen LogP contribution in [0.25, 0.3) is 0 Å². The maximum Gasteiger partial charge on any atom is 0.0876 e. The van der Waals surface area contributed by atoms with Gasteiger partial charge in [0.1, 0.15) is 0 Å². The molecule has 1 unspecified atom stereocenters. The molecule has 1 atom stereocenters. The van der Waals surface area contributed by atoms with Crippen LogP contribution in [0.15, 0.2) is 30.0 Å². The van der Waals surface area contributed by atoms with Crippen LogP contribution in [-0.4, -0.2) is 13.2 Å². The Morgan fingerprint density at radius 1 is 1.44 bits per heavy atom. The first kappa shape index (κ1) is 13.4. The van der Waals surface area contributed by atoms with Crippen molar-refractivity contribution in [2.24, 2.45) is 0 Å². The molecule has 2 rings (SSSR count). The van der Waals surface area contributed by atoms with Crippen molar-refractivity contribution >= 4 is 11.6 Å². The van der Waals surface area contributed by atoms with Crippen molar-refractivity contribution < 1.29 is 4.74 Å². The lowest BCUT2D eigenvalue weighted by molar-refractivity contribution is 0.219. The molecule has 0 spiro atoms. The Morgan fingerprint density at radius 2 is 2.28 bits per heavy atom. The van der Waals surface area contributed by atoms with E-state index in [1.54, 1.807) is 0 Å². The number of hydrogen-bond donors (Lipinski definition) is 1. The summed E-state index contributed by atoms with van der Waals surface area (Å²) in [4.78, 5) is 0. The van der Waals surface area contributed by atoms with Gasteiger partial charge in [0.15, 0.2) is 0 Å². The van der Waals surface area contributed by atoms with Gasteiger partial charge >= 0.3 is 0 Å². The van der Waals surface area contributed by atoms with Gasteiger partial charge in [-0.1, -0.05) is 24.6 Å². The zero-order chi connectivity index (χ0) is 13.0.